The van der Waals surface area contributed by atoms with Gasteiger partial charge in [-0.2, -0.15) is 0 Å². The smallest absolute Gasteiger partial charge is 0.224 e. The molecule has 2 aromatic rings. The number of rotatable bonds is 4. The summed E-state index contributed by atoms with van der Waals surface area (Å²) in [5, 5.41) is 3.16. The first-order valence-electron chi connectivity index (χ1n) is 7.33. The van der Waals surface area contributed by atoms with Crippen LogP contribution in [0.2, 0.25) is 0 Å². The molecule has 1 fully saturated rings. The second-order valence-corrected chi connectivity index (χ2v) is 5.60. The lowest BCUT2D eigenvalue weighted by molar-refractivity contribution is -0.121. The molecule has 0 saturated heterocycles. The molecule has 2 atom stereocenters. The molecule has 110 valence electrons. The molecule has 1 aliphatic rings. The van der Waals surface area contributed by atoms with Gasteiger partial charge in [0.25, 0.3) is 0 Å². The van der Waals surface area contributed by atoms with Gasteiger partial charge in [0.2, 0.25) is 5.91 Å². The van der Waals surface area contributed by atoms with E-state index >= 15 is 0 Å². The van der Waals surface area contributed by atoms with Gasteiger partial charge in [-0.05, 0) is 37.0 Å². The summed E-state index contributed by atoms with van der Waals surface area (Å²) in [6.07, 6.45) is 9.22. The Bertz CT molecular complexity index is 591. The maximum absolute atomic E-state index is 12.2. The zero-order valence-electron chi connectivity index (χ0n) is 11.9. The van der Waals surface area contributed by atoms with E-state index in [1.165, 1.54) is 0 Å². The number of nitrogens with zero attached hydrogens (tertiary/aromatic N) is 2. The molecule has 3 N–H and O–H groups in total. The summed E-state index contributed by atoms with van der Waals surface area (Å²) < 4.78 is 2.10. The van der Waals surface area contributed by atoms with E-state index in [2.05, 4.69) is 14.9 Å². The van der Waals surface area contributed by atoms with Gasteiger partial charge in [-0.25, -0.2) is 4.98 Å². The average Bonchev–Trinajstić information content (AvgIpc) is 3.11. The zero-order chi connectivity index (χ0) is 14.7. The van der Waals surface area contributed by atoms with Crippen LogP contribution in [0.4, 0.5) is 5.69 Å². The Labute approximate surface area is 124 Å². The van der Waals surface area contributed by atoms with Crippen molar-refractivity contribution < 1.29 is 4.79 Å². The highest BCUT2D eigenvalue weighted by Crippen LogP contribution is 2.29. The largest absolute Gasteiger partial charge is 0.399 e. The molecule has 1 saturated carbocycles. The molecule has 5 heteroatoms. The van der Waals surface area contributed by atoms with Crippen molar-refractivity contribution in [2.45, 2.75) is 37.8 Å². The highest BCUT2D eigenvalue weighted by molar-refractivity contribution is 5.79. The topological polar surface area (TPSA) is 72.9 Å². The first kappa shape index (κ1) is 13.7. The van der Waals surface area contributed by atoms with E-state index in [-0.39, 0.29) is 11.9 Å². The van der Waals surface area contributed by atoms with Crippen molar-refractivity contribution in [2.24, 2.45) is 0 Å². The lowest BCUT2D eigenvalue weighted by Crippen LogP contribution is -2.38. The quantitative estimate of drug-likeness (QED) is 0.842. The van der Waals surface area contributed by atoms with Crippen molar-refractivity contribution in [3.63, 3.8) is 0 Å². The molecule has 1 aromatic carbocycles. The van der Waals surface area contributed by atoms with Crippen LogP contribution in [0.25, 0.3) is 0 Å². The third-order valence-corrected chi connectivity index (χ3v) is 4.08. The molecule has 0 aliphatic heterocycles. The fourth-order valence-corrected chi connectivity index (χ4v) is 3.01. The van der Waals surface area contributed by atoms with Crippen LogP contribution in [0.5, 0.6) is 0 Å². The summed E-state index contributed by atoms with van der Waals surface area (Å²) in [6.45, 7) is 0. The molecule has 1 heterocycles. The van der Waals surface area contributed by atoms with Crippen LogP contribution in [0, 0.1) is 0 Å². The Kier molecular flexibility index (Phi) is 3.90. The van der Waals surface area contributed by atoms with Gasteiger partial charge in [0.05, 0.1) is 18.8 Å². The van der Waals surface area contributed by atoms with Crippen LogP contribution in [0.3, 0.4) is 0 Å². The van der Waals surface area contributed by atoms with E-state index in [9.17, 15) is 4.79 Å². The second-order valence-electron chi connectivity index (χ2n) is 5.60. The minimum atomic E-state index is 0.0665. The molecule has 21 heavy (non-hydrogen) atoms. The van der Waals surface area contributed by atoms with Gasteiger partial charge in [0.15, 0.2) is 0 Å². The molecule has 5 nitrogen and oxygen atoms in total. The standard InChI is InChI=1S/C16H20N4O/c17-13-6-4-12(5-7-13)10-16(21)19-14-2-1-3-15(14)20-9-8-18-11-20/h4-9,11,14-15H,1-3,10,17H2,(H,19,21). The monoisotopic (exact) mass is 284 g/mol. The number of imidazole rings is 1. The summed E-state index contributed by atoms with van der Waals surface area (Å²) in [7, 11) is 0. The molecule has 1 aliphatic carbocycles. The summed E-state index contributed by atoms with van der Waals surface area (Å²) in [6, 6.07) is 7.97. The Hall–Kier alpha value is -2.30. The third-order valence-electron chi connectivity index (χ3n) is 4.08. The predicted molar refractivity (Wildman–Crippen MR) is 81.6 cm³/mol. The van der Waals surface area contributed by atoms with Crippen LogP contribution >= 0.6 is 0 Å². The van der Waals surface area contributed by atoms with Crippen LogP contribution in [-0.2, 0) is 11.2 Å². The number of aromatic nitrogens is 2. The van der Waals surface area contributed by atoms with Crippen LogP contribution in [0.15, 0.2) is 43.0 Å². The highest BCUT2D eigenvalue weighted by Gasteiger charge is 2.29. The average molecular weight is 284 g/mol. The Morgan fingerprint density at radius 2 is 2.14 bits per heavy atom. The normalized spacial score (nSPS) is 21.3. The van der Waals surface area contributed by atoms with Crippen molar-refractivity contribution in [1.29, 1.82) is 0 Å². The zero-order valence-corrected chi connectivity index (χ0v) is 11.9. The van der Waals surface area contributed by atoms with Crippen molar-refractivity contribution >= 4 is 11.6 Å². The molecule has 0 bridgehead atoms. The molecule has 1 amide bonds. The number of carbonyl (C=O) groups is 1. The molecule has 0 radical (unpaired) electrons. The molecule has 2 unspecified atom stereocenters. The number of amides is 1. The van der Waals surface area contributed by atoms with E-state index in [1.54, 1.807) is 6.20 Å². The highest BCUT2D eigenvalue weighted by atomic mass is 16.1. The summed E-state index contributed by atoms with van der Waals surface area (Å²) >= 11 is 0. The fourth-order valence-electron chi connectivity index (χ4n) is 3.01. The van der Waals surface area contributed by atoms with Gasteiger partial charge in [-0.3, -0.25) is 4.79 Å². The van der Waals surface area contributed by atoms with Crippen molar-refractivity contribution in [3.05, 3.63) is 48.5 Å². The predicted octanol–water partition coefficient (Wildman–Crippen LogP) is 1.92. The van der Waals surface area contributed by atoms with E-state index in [4.69, 9.17) is 5.73 Å². The lowest BCUT2D eigenvalue weighted by atomic mass is 10.1. The van der Waals surface area contributed by atoms with Crippen molar-refractivity contribution in [1.82, 2.24) is 14.9 Å². The molecule has 3 rings (SSSR count). The Balaban J connectivity index is 1.60. The van der Waals surface area contributed by atoms with Gasteiger partial charge in [0, 0.05) is 24.1 Å². The second kappa shape index (κ2) is 5.99. The molecular weight excluding hydrogens is 264 g/mol. The Morgan fingerprint density at radius 1 is 1.33 bits per heavy atom. The van der Waals surface area contributed by atoms with E-state index in [0.717, 1.165) is 30.5 Å². The van der Waals surface area contributed by atoms with E-state index in [0.29, 0.717) is 12.5 Å². The molecule has 0 spiro atoms. The number of benzene rings is 1. The fraction of sp³-hybridized carbons (Fsp3) is 0.375. The SMILES string of the molecule is Nc1ccc(CC(=O)NC2CCCC2n2ccnc2)cc1. The van der Waals surface area contributed by atoms with Crippen LogP contribution in [0.1, 0.15) is 30.9 Å². The van der Waals surface area contributed by atoms with Crippen LogP contribution < -0.4 is 11.1 Å². The summed E-state index contributed by atoms with van der Waals surface area (Å²) in [4.78, 5) is 16.3. The van der Waals surface area contributed by atoms with E-state index < -0.39 is 0 Å². The number of nitrogen functional groups attached to an aromatic ring is 1. The molecular formula is C16H20N4O. The van der Waals surface area contributed by atoms with Gasteiger partial charge in [-0.15, -0.1) is 0 Å². The van der Waals surface area contributed by atoms with Gasteiger partial charge >= 0.3 is 0 Å². The number of hydrogen-bond donors (Lipinski definition) is 2. The maximum atomic E-state index is 12.2. The number of anilines is 1. The van der Waals surface area contributed by atoms with Crippen LogP contribution in [-0.4, -0.2) is 21.5 Å². The number of nitrogens with one attached hydrogen (secondary N) is 1. The maximum Gasteiger partial charge on any atom is 0.224 e. The first-order chi connectivity index (χ1) is 10.2. The number of hydrogen-bond acceptors (Lipinski definition) is 3. The lowest BCUT2D eigenvalue weighted by Gasteiger charge is -2.22. The van der Waals surface area contributed by atoms with Gasteiger partial charge < -0.3 is 15.6 Å². The number of carbonyl (C=O) groups excluding carboxylic acids is 1. The van der Waals surface area contributed by atoms with Crippen molar-refractivity contribution in [3.8, 4) is 0 Å². The van der Waals surface area contributed by atoms with E-state index in [1.807, 2.05) is 36.8 Å². The van der Waals surface area contributed by atoms with Gasteiger partial charge in [0.1, 0.15) is 0 Å². The summed E-state index contributed by atoms with van der Waals surface area (Å²) in [5.74, 6) is 0.0665. The Morgan fingerprint density at radius 3 is 2.86 bits per heavy atom. The number of nitrogens with two attached hydrogens (primary N) is 1. The minimum Gasteiger partial charge on any atom is -0.399 e. The molecule has 1 aromatic heterocycles. The first-order valence-corrected chi connectivity index (χ1v) is 7.33. The van der Waals surface area contributed by atoms with Crippen molar-refractivity contribution in [2.75, 3.05) is 5.73 Å². The van der Waals surface area contributed by atoms with Gasteiger partial charge in [-0.1, -0.05) is 12.1 Å². The third kappa shape index (κ3) is 3.24. The minimum absolute atomic E-state index is 0.0665. The summed E-state index contributed by atoms with van der Waals surface area (Å²) in [5.41, 5.74) is 7.36.